The summed E-state index contributed by atoms with van der Waals surface area (Å²) in [6.07, 6.45) is 4.71. The SMILES string of the molecule is COc1ccccc1Cc1noc(C2CN(C(=O)C3(c4cccs4)CCCC3)C2)n1. The molecule has 1 aliphatic carbocycles. The number of nitrogens with zero attached hydrogens (tertiary/aromatic N) is 3. The maximum absolute atomic E-state index is 13.4. The highest BCUT2D eigenvalue weighted by Gasteiger charge is 2.49. The van der Waals surface area contributed by atoms with Crippen molar-refractivity contribution in [2.45, 2.75) is 43.4 Å². The van der Waals surface area contributed by atoms with Crippen LogP contribution in [0.3, 0.4) is 0 Å². The van der Waals surface area contributed by atoms with Crippen molar-refractivity contribution in [3.63, 3.8) is 0 Å². The van der Waals surface area contributed by atoms with E-state index in [1.54, 1.807) is 18.4 Å². The maximum Gasteiger partial charge on any atom is 0.234 e. The minimum atomic E-state index is -0.316. The highest BCUT2D eigenvalue weighted by Crippen LogP contribution is 2.46. The van der Waals surface area contributed by atoms with E-state index < -0.39 is 0 Å². The van der Waals surface area contributed by atoms with Crippen LogP contribution in [0.1, 0.15) is 53.8 Å². The monoisotopic (exact) mass is 423 g/mol. The van der Waals surface area contributed by atoms with Crippen LogP contribution in [0.5, 0.6) is 5.75 Å². The van der Waals surface area contributed by atoms with Gasteiger partial charge in [-0.25, -0.2) is 0 Å². The van der Waals surface area contributed by atoms with Crippen molar-refractivity contribution in [3.05, 3.63) is 63.9 Å². The Bertz CT molecular complexity index is 1020. The van der Waals surface area contributed by atoms with E-state index in [-0.39, 0.29) is 17.2 Å². The van der Waals surface area contributed by atoms with E-state index in [0.29, 0.717) is 31.2 Å². The molecule has 1 amide bonds. The average Bonchev–Trinajstić information content (AvgIpc) is 3.49. The second kappa shape index (κ2) is 7.87. The molecule has 1 saturated carbocycles. The molecule has 0 N–H and O–H groups in total. The molecule has 30 heavy (non-hydrogen) atoms. The number of rotatable bonds is 6. The first-order chi connectivity index (χ1) is 14.7. The molecule has 1 aromatic carbocycles. The van der Waals surface area contributed by atoms with Gasteiger partial charge in [-0.05, 0) is 30.4 Å². The summed E-state index contributed by atoms with van der Waals surface area (Å²) in [5, 5.41) is 6.22. The van der Waals surface area contributed by atoms with Crippen molar-refractivity contribution in [3.8, 4) is 5.75 Å². The van der Waals surface area contributed by atoms with Crippen LogP contribution in [0.15, 0.2) is 46.3 Å². The molecule has 6 nitrogen and oxygen atoms in total. The molecular formula is C23H25N3O3S. The highest BCUT2D eigenvalue weighted by molar-refractivity contribution is 7.10. The number of amides is 1. The zero-order valence-electron chi connectivity index (χ0n) is 17.0. The maximum atomic E-state index is 13.4. The van der Waals surface area contributed by atoms with Gasteiger partial charge in [-0.2, -0.15) is 4.98 Å². The van der Waals surface area contributed by atoms with Crippen molar-refractivity contribution in [1.29, 1.82) is 0 Å². The Morgan fingerprint density at radius 3 is 2.77 bits per heavy atom. The molecule has 0 unspecified atom stereocenters. The fourth-order valence-electron chi connectivity index (χ4n) is 4.72. The first-order valence-electron chi connectivity index (χ1n) is 10.5. The minimum Gasteiger partial charge on any atom is -0.496 e. The topological polar surface area (TPSA) is 68.5 Å². The van der Waals surface area contributed by atoms with E-state index in [9.17, 15) is 4.79 Å². The van der Waals surface area contributed by atoms with E-state index in [4.69, 9.17) is 9.26 Å². The van der Waals surface area contributed by atoms with Gasteiger partial charge in [0.2, 0.25) is 11.8 Å². The third-order valence-electron chi connectivity index (χ3n) is 6.40. The van der Waals surface area contributed by atoms with Crippen LogP contribution in [-0.2, 0) is 16.6 Å². The third kappa shape index (κ3) is 3.31. The smallest absolute Gasteiger partial charge is 0.234 e. The lowest BCUT2D eigenvalue weighted by molar-refractivity contribution is -0.142. The first-order valence-corrected chi connectivity index (χ1v) is 11.4. The van der Waals surface area contributed by atoms with Crippen LogP contribution in [-0.4, -0.2) is 41.1 Å². The normalized spacial score (nSPS) is 18.4. The van der Waals surface area contributed by atoms with Crippen LogP contribution in [0.25, 0.3) is 0 Å². The van der Waals surface area contributed by atoms with Crippen LogP contribution < -0.4 is 4.74 Å². The van der Waals surface area contributed by atoms with Crippen LogP contribution in [0, 0.1) is 0 Å². The lowest BCUT2D eigenvalue weighted by Crippen LogP contribution is -2.55. The van der Waals surface area contributed by atoms with Gasteiger partial charge < -0.3 is 14.2 Å². The van der Waals surface area contributed by atoms with Crippen molar-refractivity contribution in [2.75, 3.05) is 20.2 Å². The van der Waals surface area contributed by atoms with Crippen molar-refractivity contribution < 1.29 is 14.1 Å². The zero-order valence-corrected chi connectivity index (χ0v) is 17.9. The summed E-state index contributed by atoms with van der Waals surface area (Å²) in [5.74, 6) is 2.48. The number of hydrogen-bond acceptors (Lipinski definition) is 6. The van der Waals surface area contributed by atoms with Crippen molar-refractivity contribution in [1.82, 2.24) is 15.0 Å². The summed E-state index contributed by atoms with van der Waals surface area (Å²) in [4.78, 5) is 21.2. The number of carbonyl (C=O) groups excluding carboxylic acids is 1. The Kier molecular flexibility index (Phi) is 5.06. The Morgan fingerprint density at radius 2 is 2.03 bits per heavy atom. The quantitative estimate of drug-likeness (QED) is 0.595. The number of carbonyl (C=O) groups is 1. The van der Waals surface area contributed by atoms with Gasteiger partial charge >= 0.3 is 0 Å². The summed E-state index contributed by atoms with van der Waals surface area (Å²) in [6, 6.07) is 12.0. The van der Waals surface area contributed by atoms with Gasteiger partial charge in [0, 0.05) is 30.0 Å². The molecule has 2 aliphatic rings. The lowest BCUT2D eigenvalue weighted by Gasteiger charge is -2.42. The van der Waals surface area contributed by atoms with E-state index in [2.05, 4.69) is 21.6 Å². The summed E-state index contributed by atoms with van der Waals surface area (Å²) in [7, 11) is 1.66. The number of benzene rings is 1. The zero-order chi connectivity index (χ0) is 20.6. The summed E-state index contributed by atoms with van der Waals surface area (Å²) >= 11 is 1.71. The Balaban J connectivity index is 1.25. The Hall–Kier alpha value is -2.67. The van der Waals surface area contributed by atoms with E-state index in [1.807, 2.05) is 35.2 Å². The summed E-state index contributed by atoms with van der Waals surface area (Å²) in [6.45, 7) is 1.31. The number of ether oxygens (including phenoxy) is 1. The summed E-state index contributed by atoms with van der Waals surface area (Å²) < 4.78 is 10.9. The van der Waals surface area contributed by atoms with Gasteiger partial charge in [-0.3, -0.25) is 4.79 Å². The molecule has 3 aromatic rings. The second-order valence-corrected chi connectivity index (χ2v) is 9.16. The molecule has 1 aliphatic heterocycles. The van der Waals surface area contributed by atoms with Gasteiger partial charge in [-0.15, -0.1) is 11.3 Å². The fraction of sp³-hybridized carbons (Fsp3) is 0.435. The van der Waals surface area contributed by atoms with E-state index in [1.165, 1.54) is 4.88 Å². The van der Waals surface area contributed by atoms with Crippen LogP contribution in [0.2, 0.25) is 0 Å². The molecular weight excluding hydrogens is 398 g/mol. The van der Waals surface area contributed by atoms with Crippen LogP contribution in [0.4, 0.5) is 0 Å². The minimum absolute atomic E-state index is 0.120. The molecule has 2 aromatic heterocycles. The fourth-order valence-corrected chi connectivity index (χ4v) is 5.70. The Labute approximate surface area is 179 Å². The molecule has 0 spiro atoms. The third-order valence-corrected chi connectivity index (χ3v) is 7.48. The molecule has 5 rings (SSSR count). The van der Waals surface area contributed by atoms with E-state index >= 15 is 0 Å². The van der Waals surface area contributed by atoms with Crippen LogP contribution >= 0.6 is 11.3 Å². The van der Waals surface area contributed by atoms with Gasteiger partial charge in [0.1, 0.15) is 5.75 Å². The molecule has 156 valence electrons. The van der Waals surface area contributed by atoms with Gasteiger partial charge in [-0.1, -0.05) is 42.3 Å². The average molecular weight is 424 g/mol. The number of thiophene rings is 1. The number of likely N-dealkylation sites (tertiary alicyclic amines) is 1. The molecule has 0 radical (unpaired) electrons. The number of hydrogen-bond donors (Lipinski definition) is 0. The van der Waals surface area contributed by atoms with Gasteiger partial charge in [0.25, 0.3) is 0 Å². The van der Waals surface area contributed by atoms with Gasteiger partial charge in [0.05, 0.1) is 18.4 Å². The largest absolute Gasteiger partial charge is 0.496 e. The molecule has 3 heterocycles. The summed E-state index contributed by atoms with van der Waals surface area (Å²) in [5.41, 5.74) is 0.708. The molecule has 0 bridgehead atoms. The predicted molar refractivity (Wildman–Crippen MR) is 114 cm³/mol. The van der Waals surface area contributed by atoms with Crippen molar-refractivity contribution in [2.24, 2.45) is 0 Å². The van der Waals surface area contributed by atoms with E-state index in [0.717, 1.165) is 37.0 Å². The first kappa shape index (κ1) is 19.3. The number of para-hydroxylation sites is 1. The second-order valence-electron chi connectivity index (χ2n) is 8.21. The predicted octanol–water partition coefficient (Wildman–Crippen LogP) is 4.17. The Morgan fingerprint density at radius 1 is 1.23 bits per heavy atom. The van der Waals surface area contributed by atoms with Gasteiger partial charge in [0.15, 0.2) is 5.82 Å². The number of aromatic nitrogens is 2. The molecule has 1 saturated heterocycles. The standard InChI is InChI=1S/C23H25N3O3S/c1-28-18-8-3-2-7-16(18)13-20-24-21(29-25-20)17-14-26(15-17)22(27)23(10-4-5-11-23)19-9-6-12-30-19/h2-3,6-9,12,17H,4-5,10-11,13-15H2,1H3. The molecule has 2 fully saturated rings. The van der Waals surface area contributed by atoms with Crippen molar-refractivity contribution >= 4 is 17.2 Å². The highest BCUT2D eigenvalue weighted by atomic mass is 32.1. The lowest BCUT2D eigenvalue weighted by atomic mass is 9.81. The molecule has 0 atom stereocenters. The molecule has 7 heteroatoms. The number of methoxy groups -OCH3 is 1.